The van der Waals surface area contributed by atoms with Gasteiger partial charge in [-0.25, -0.2) is 4.98 Å². The Balaban J connectivity index is 2.74. The lowest BCUT2D eigenvalue weighted by molar-refractivity contribution is 0.688. The van der Waals surface area contributed by atoms with Gasteiger partial charge in [0.05, 0.1) is 0 Å². The molecule has 0 saturated carbocycles. The minimum Gasteiger partial charge on any atom is -0.346 e. The van der Waals surface area contributed by atoms with E-state index < -0.39 is 0 Å². The van der Waals surface area contributed by atoms with Gasteiger partial charge in [0.25, 0.3) is 0 Å². The summed E-state index contributed by atoms with van der Waals surface area (Å²) in [5.74, 6) is 1.67. The Morgan fingerprint density at radius 3 is 2.80 bits per heavy atom. The van der Waals surface area contributed by atoms with Crippen LogP contribution in [0.1, 0.15) is 37.7 Å². The molecule has 0 amide bonds. The van der Waals surface area contributed by atoms with Crippen molar-refractivity contribution in [3.8, 4) is 0 Å². The first-order valence-electron chi connectivity index (χ1n) is 3.75. The van der Waals surface area contributed by atoms with Gasteiger partial charge in [0.1, 0.15) is 5.82 Å². The lowest BCUT2D eigenvalue weighted by Gasteiger charge is -2.01. The van der Waals surface area contributed by atoms with E-state index in [0.29, 0.717) is 5.92 Å². The summed E-state index contributed by atoms with van der Waals surface area (Å²) in [6.45, 7) is 6.37. The van der Waals surface area contributed by atoms with Crippen molar-refractivity contribution in [3.05, 3.63) is 17.7 Å². The Labute approximate surface area is 61.7 Å². The number of aromatic amines is 1. The number of aromatic nitrogens is 2. The molecule has 1 unspecified atom stereocenters. The van der Waals surface area contributed by atoms with Gasteiger partial charge in [0.15, 0.2) is 0 Å². The van der Waals surface area contributed by atoms with Crippen LogP contribution in [0.2, 0.25) is 0 Å². The summed E-state index contributed by atoms with van der Waals surface area (Å²) in [6, 6.07) is 0. The molecule has 0 fully saturated rings. The molecule has 1 rings (SSSR count). The Morgan fingerprint density at radius 1 is 1.70 bits per heavy atom. The third-order valence-electron chi connectivity index (χ3n) is 1.80. The van der Waals surface area contributed by atoms with Crippen LogP contribution in [-0.4, -0.2) is 9.97 Å². The smallest absolute Gasteiger partial charge is 0.109 e. The SMILES string of the molecule is CCC(C)c1ncc(C)[nH]1. The highest BCUT2D eigenvalue weighted by Crippen LogP contribution is 2.13. The summed E-state index contributed by atoms with van der Waals surface area (Å²) in [7, 11) is 0. The minimum atomic E-state index is 0.564. The van der Waals surface area contributed by atoms with E-state index in [0.717, 1.165) is 17.9 Å². The summed E-state index contributed by atoms with van der Waals surface area (Å²) >= 11 is 0. The zero-order chi connectivity index (χ0) is 7.56. The second-order valence-electron chi connectivity index (χ2n) is 2.76. The first kappa shape index (κ1) is 7.32. The Kier molecular flexibility index (Phi) is 2.10. The molecule has 1 heterocycles. The first-order valence-corrected chi connectivity index (χ1v) is 3.75. The van der Waals surface area contributed by atoms with E-state index in [9.17, 15) is 0 Å². The van der Waals surface area contributed by atoms with Crippen LogP contribution in [-0.2, 0) is 0 Å². The predicted molar refractivity (Wildman–Crippen MR) is 42.0 cm³/mol. The highest BCUT2D eigenvalue weighted by atomic mass is 14.9. The molecule has 56 valence electrons. The lowest BCUT2D eigenvalue weighted by Crippen LogP contribution is -1.93. The zero-order valence-electron chi connectivity index (χ0n) is 6.81. The fourth-order valence-electron chi connectivity index (χ4n) is 0.877. The van der Waals surface area contributed by atoms with Crippen molar-refractivity contribution < 1.29 is 0 Å². The molecular weight excluding hydrogens is 124 g/mol. The summed E-state index contributed by atoms with van der Waals surface area (Å²) in [5.41, 5.74) is 1.15. The third-order valence-corrected chi connectivity index (χ3v) is 1.80. The van der Waals surface area contributed by atoms with Crippen molar-refractivity contribution in [3.63, 3.8) is 0 Å². The van der Waals surface area contributed by atoms with Crippen LogP contribution in [0.15, 0.2) is 6.20 Å². The van der Waals surface area contributed by atoms with E-state index in [1.165, 1.54) is 0 Å². The molecule has 0 aromatic carbocycles. The van der Waals surface area contributed by atoms with Gasteiger partial charge in [0, 0.05) is 17.8 Å². The summed E-state index contributed by atoms with van der Waals surface area (Å²) < 4.78 is 0. The van der Waals surface area contributed by atoms with Crippen LogP contribution in [0.4, 0.5) is 0 Å². The highest BCUT2D eigenvalue weighted by Gasteiger charge is 2.04. The molecule has 0 spiro atoms. The molecule has 2 nitrogen and oxygen atoms in total. The van der Waals surface area contributed by atoms with E-state index in [2.05, 4.69) is 23.8 Å². The maximum absolute atomic E-state index is 4.23. The van der Waals surface area contributed by atoms with Crippen molar-refractivity contribution in [2.75, 3.05) is 0 Å². The standard InChI is InChI=1S/C8H14N2/c1-4-6(2)8-9-5-7(3)10-8/h5-6H,4H2,1-3H3,(H,9,10). The predicted octanol–water partition coefficient (Wildman–Crippen LogP) is 2.23. The number of nitrogens with one attached hydrogen (secondary N) is 1. The lowest BCUT2D eigenvalue weighted by atomic mass is 10.1. The molecule has 0 aliphatic heterocycles. The Morgan fingerprint density at radius 2 is 2.40 bits per heavy atom. The van der Waals surface area contributed by atoms with Crippen LogP contribution < -0.4 is 0 Å². The average molecular weight is 138 g/mol. The third kappa shape index (κ3) is 1.38. The maximum Gasteiger partial charge on any atom is 0.109 e. The number of hydrogen-bond acceptors (Lipinski definition) is 1. The number of rotatable bonds is 2. The first-order chi connectivity index (χ1) is 4.74. The van der Waals surface area contributed by atoms with Gasteiger partial charge in [-0.05, 0) is 13.3 Å². The summed E-state index contributed by atoms with van der Waals surface area (Å²) in [6.07, 6.45) is 3.02. The molecule has 1 aromatic rings. The van der Waals surface area contributed by atoms with E-state index in [1.54, 1.807) is 0 Å². The van der Waals surface area contributed by atoms with Crippen LogP contribution in [0.25, 0.3) is 0 Å². The molecule has 1 atom stereocenters. The second-order valence-corrected chi connectivity index (χ2v) is 2.76. The van der Waals surface area contributed by atoms with Gasteiger partial charge in [-0.15, -0.1) is 0 Å². The normalized spacial score (nSPS) is 13.5. The van der Waals surface area contributed by atoms with Gasteiger partial charge < -0.3 is 4.98 Å². The monoisotopic (exact) mass is 138 g/mol. The van der Waals surface area contributed by atoms with E-state index in [-0.39, 0.29) is 0 Å². The van der Waals surface area contributed by atoms with Gasteiger partial charge in [-0.2, -0.15) is 0 Å². The molecule has 10 heavy (non-hydrogen) atoms. The molecule has 0 aliphatic carbocycles. The van der Waals surface area contributed by atoms with Gasteiger partial charge in [-0.3, -0.25) is 0 Å². The van der Waals surface area contributed by atoms with Crippen LogP contribution in [0.3, 0.4) is 0 Å². The molecule has 0 aliphatic rings. The van der Waals surface area contributed by atoms with Gasteiger partial charge >= 0.3 is 0 Å². The molecule has 2 heteroatoms. The number of H-pyrrole nitrogens is 1. The van der Waals surface area contributed by atoms with Crippen LogP contribution in [0.5, 0.6) is 0 Å². The van der Waals surface area contributed by atoms with Crippen LogP contribution >= 0.6 is 0 Å². The number of hydrogen-bond donors (Lipinski definition) is 1. The molecule has 0 saturated heterocycles. The number of nitrogens with zero attached hydrogens (tertiary/aromatic N) is 1. The Hall–Kier alpha value is -0.790. The number of aryl methyl sites for hydroxylation is 1. The largest absolute Gasteiger partial charge is 0.346 e. The summed E-state index contributed by atoms with van der Waals surface area (Å²) in [5, 5.41) is 0. The fourth-order valence-corrected chi connectivity index (χ4v) is 0.877. The van der Waals surface area contributed by atoms with Gasteiger partial charge in [0.2, 0.25) is 0 Å². The highest BCUT2D eigenvalue weighted by molar-refractivity contribution is 5.02. The van der Waals surface area contributed by atoms with Crippen LogP contribution in [0, 0.1) is 6.92 Å². The van der Waals surface area contributed by atoms with Crippen molar-refractivity contribution in [2.45, 2.75) is 33.1 Å². The molecule has 0 bridgehead atoms. The minimum absolute atomic E-state index is 0.564. The van der Waals surface area contributed by atoms with Crippen molar-refractivity contribution in [1.29, 1.82) is 0 Å². The maximum atomic E-state index is 4.23. The second kappa shape index (κ2) is 2.86. The summed E-state index contributed by atoms with van der Waals surface area (Å²) in [4.78, 5) is 7.45. The van der Waals surface area contributed by atoms with Gasteiger partial charge in [-0.1, -0.05) is 13.8 Å². The van der Waals surface area contributed by atoms with Crippen molar-refractivity contribution >= 4 is 0 Å². The van der Waals surface area contributed by atoms with Crippen molar-refractivity contribution in [2.24, 2.45) is 0 Å². The molecule has 0 radical (unpaired) electrons. The molecular formula is C8H14N2. The van der Waals surface area contributed by atoms with E-state index in [4.69, 9.17) is 0 Å². The van der Waals surface area contributed by atoms with Crippen molar-refractivity contribution in [1.82, 2.24) is 9.97 Å². The average Bonchev–Trinajstić information content (AvgIpc) is 2.34. The zero-order valence-corrected chi connectivity index (χ0v) is 6.81. The number of imidazole rings is 1. The molecule has 1 N–H and O–H groups in total. The quantitative estimate of drug-likeness (QED) is 0.667. The van der Waals surface area contributed by atoms with E-state index in [1.807, 2.05) is 13.1 Å². The Bertz CT molecular complexity index is 203. The topological polar surface area (TPSA) is 28.7 Å². The van der Waals surface area contributed by atoms with E-state index >= 15 is 0 Å². The molecule has 1 aromatic heterocycles. The fraction of sp³-hybridized carbons (Fsp3) is 0.625.